The van der Waals surface area contributed by atoms with Crippen molar-refractivity contribution in [1.29, 1.82) is 0 Å². The lowest BCUT2D eigenvalue weighted by atomic mass is 10.1. The molecule has 0 aromatic heterocycles. The molecule has 0 radical (unpaired) electrons. The molecule has 0 atom stereocenters. The molecule has 0 aliphatic rings. The van der Waals surface area contributed by atoms with Crippen LogP contribution in [0, 0.1) is 0 Å². The van der Waals surface area contributed by atoms with E-state index in [9.17, 15) is 22.8 Å². The highest BCUT2D eigenvalue weighted by Crippen LogP contribution is 2.28. The van der Waals surface area contributed by atoms with Crippen molar-refractivity contribution in [3.8, 4) is 17.2 Å². The van der Waals surface area contributed by atoms with Crippen LogP contribution in [0.25, 0.3) is 0 Å². The van der Waals surface area contributed by atoms with Crippen molar-refractivity contribution in [2.24, 2.45) is 0 Å². The summed E-state index contributed by atoms with van der Waals surface area (Å²) in [6.07, 6.45) is -4.45. The highest BCUT2D eigenvalue weighted by atomic mass is 19.4. The largest absolute Gasteiger partial charge is 0.573 e. The predicted molar refractivity (Wildman–Crippen MR) is 104 cm³/mol. The molecule has 0 aliphatic carbocycles. The predicted octanol–water partition coefficient (Wildman–Crippen LogP) is 3.39. The molecule has 1 N–H and O–H groups in total. The number of hydrogen-bond acceptors (Lipinski definition) is 6. The Kier molecular flexibility index (Phi) is 8.53. The topological polar surface area (TPSA) is 83.1 Å². The first-order chi connectivity index (χ1) is 14.7. The highest BCUT2D eigenvalue weighted by Gasteiger charge is 2.32. The van der Waals surface area contributed by atoms with E-state index >= 15 is 0 Å². The molecule has 0 unspecified atom stereocenters. The monoisotopic (exact) mass is 441 g/mol. The first kappa shape index (κ1) is 23.8. The number of methoxy groups -OCH3 is 2. The molecule has 7 nitrogen and oxygen atoms in total. The molecule has 0 saturated carbocycles. The molecule has 2 rings (SSSR count). The third kappa shape index (κ3) is 8.07. The maximum absolute atomic E-state index is 12.4. The summed E-state index contributed by atoms with van der Waals surface area (Å²) in [5.41, 5.74) is 0.952. The van der Waals surface area contributed by atoms with Crippen LogP contribution in [0.3, 0.4) is 0 Å². The lowest BCUT2D eigenvalue weighted by Gasteiger charge is -2.13. The number of carbonyl (C=O) groups is 2. The smallest absolute Gasteiger partial charge is 0.493 e. The number of nitrogens with one attached hydrogen (secondary N) is 1. The van der Waals surface area contributed by atoms with E-state index in [1.807, 2.05) is 0 Å². The van der Waals surface area contributed by atoms with Crippen LogP contribution >= 0.6 is 0 Å². The van der Waals surface area contributed by atoms with Crippen LogP contribution in [0.15, 0.2) is 42.5 Å². The fourth-order valence-electron chi connectivity index (χ4n) is 2.62. The minimum absolute atomic E-state index is 0.0328. The summed E-state index contributed by atoms with van der Waals surface area (Å²) in [4.78, 5) is 23.7. The normalized spacial score (nSPS) is 10.9. The quantitative estimate of drug-likeness (QED) is 0.569. The van der Waals surface area contributed by atoms with E-state index < -0.39 is 30.6 Å². The number of halogens is 3. The average molecular weight is 441 g/mol. The number of benzene rings is 2. The van der Waals surface area contributed by atoms with Crippen LogP contribution in [0.4, 0.5) is 13.2 Å². The molecule has 0 fully saturated rings. The number of aryl methyl sites for hydroxylation is 1. The Morgan fingerprint density at radius 3 is 2.35 bits per heavy atom. The Morgan fingerprint density at radius 2 is 1.68 bits per heavy atom. The molecule has 0 spiro atoms. The zero-order valence-corrected chi connectivity index (χ0v) is 17.0. The van der Waals surface area contributed by atoms with E-state index in [0.717, 1.165) is 11.6 Å². The number of hydrogen-bond donors (Lipinski definition) is 1. The lowest BCUT2D eigenvalue weighted by molar-refractivity contribution is -0.274. The van der Waals surface area contributed by atoms with Crippen molar-refractivity contribution in [2.75, 3.05) is 20.8 Å². The van der Waals surface area contributed by atoms with Gasteiger partial charge in [-0.15, -0.1) is 13.2 Å². The first-order valence-electron chi connectivity index (χ1n) is 9.18. The van der Waals surface area contributed by atoms with Gasteiger partial charge in [-0.05, 0) is 30.2 Å². The number of para-hydroxylation sites is 1. The van der Waals surface area contributed by atoms with Gasteiger partial charge < -0.3 is 24.3 Å². The Labute approximate surface area is 177 Å². The van der Waals surface area contributed by atoms with Crippen molar-refractivity contribution in [3.05, 3.63) is 53.6 Å². The fourth-order valence-corrected chi connectivity index (χ4v) is 2.62. The fraction of sp³-hybridized carbons (Fsp3) is 0.333. The zero-order valence-electron chi connectivity index (χ0n) is 17.0. The number of esters is 1. The van der Waals surface area contributed by atoms with Gasteiger partial charge in [0.2, 0.25) is 0 Å². The van der Waals surface area contributed by atoms with Crippen LogP contribution in [-0.4, -0.2) is 39.1 Å². The summed E-state index contributed by atoms with van der Waals surface area (Å²) >= 11 is 0. The second kappa shape index (κ2) is 11.1. The number of carbonyl (C=O) groups excluding carboxylic acids is 2. The molecule has 2 aromatic carbocycles. The SMILES string of the molecule is COc1ccc(CCC(=O)OCC(=O)NCc2ccccc2OC(F)(F)F)cc1OC. The third-order valence-electron chi connectivity index (χ3n) is 4.10. The van der Waals surface area contributed by atoms with Crippen molar-refractivity contribution in [2.45, 2.75) is 25.7 Å². The Hall–Kier alpha value is -3.43. The van der Waals surface area contributed by atoms with Gasteiger partial charge in [0.25, 0.3) is 5.91 Å². The van der Waals surface area contributed by atoms with Crippen molar-refractivity contribution >= 4 is 11.9 Å². The molecule has 10 heteroatoms. The van der Waals surface area contributed by atoms with Gasteiger partial charge in [0.05, 0.1) is 14.2 Å². The van der Waals surface area contributed by atoms with Gasteiger partial charge in [-0.3, -0.25) is 9.59 Å². The molecule has 0 aliphatic heterocycles. The number of alkyl halides is 3. The van der Waals surface area contributed by atoms with Crippen molar-refractivity contribution < 1.29 is 41.7 Å². The van der Waals surface area contributed by atoms with Crippen molar-refractivity contribution in [3.63, 3.8) is 0 Å². The number of ether oxygens (including phenoxy) is 4. The van der Waals surface area contributed by atoms with E-state index in [1.54, 1.807) is 18.2 Å². The van der Waals surface area contributed by atoms with Crippen LogP contribution < -0.4 is 19.5 Å². The molecular weight excluding hydrogens is 419 g/mol. The summed E-state index contributed by atoms with van der Waals surface area (Å²) in [6.45, 7) is -0.763. The summed E-state index contributed by atoms with van der Waals surface area (Å²) in [5, 5.41) is 2.39. The molecule has 168 valence electrons. The van der Waals surface area contributed by atoms with E-state index in [1.165, 1.54) is 32.4 Å². The molecule has 0 saturated heterocycles. The van der Waals surface area contributed by atoms with E-state index in [4.69, 9.17) is 14.2 Å². The molecule has 2 aromatic rings. The standard InChI is InChI=1S/C21H22F3NO6/c1-28-17-9-7-14(11-18(17)29-2)8-10-20(27)30-13-19(26)25-12-15-5-3-4-6-16(15)31-21(22,23)24/h3-7,9,11H,8,10,12-13H2,1-2H3,(H,25,26). The maximum atomic E-state index is 12.4. The third-order valence-corrected chi connectivity index (χ3v) is 4.10. The summed E-state index contributed by atoms with van der Waals surface area (Å²) in [6, 6.07) is 10.7. The van der Waals surface area contributed by atoms with Crippen LogP contribution in [-0.2, 0) is 27.3 Å². The van der Waals surface area contributed by atoms with Gasteiger partial charge in [0.1, 0.15) is 5.75 Å². The van der Waals surface area contributed by atoms with Gasteiger partial charge in [0, 0.05) is 18.5 Å². The van der Waals surface area contributed by atoms with Gasteiger partial charge >= 0.3 is 12.3 Å². The van der Waals surface area contributed by atoms with Gasteiger partial charge in [-0.1, -0.05) is 24.3 Å². The van der Waals surface area contributed by atoms with Crippen LogP contribution in [0.1, 0.15) is 17.5 Å². The van der Waals surface area contributed by atoms with Gasteiger partial charge in [-0.25, -0.2) is 0 Å². The molecule has 0 bridgehead atoms. The summed E-state index contributed by atoms with van der Waals surface area (Å²) < 4.78 is 56.4. The lowest BCUT2D eigenvalue weighted by Crippen LogP contribution is -2.29. The number of amides is 1. The highest BCUT2D eigenvalue weighted by molar-refractivity contribution is 5.80. The van der Waals surface area contributed by atoms with E-state index in [-0.39, 0.29) is 18.5 Å². The minimum atomic E-state index is -4.84. The molecular formula is C21H22F3NO6. The minimum Gasteiger partial charge on any atom is -0.493 e. The second-order valence-corrected chi connectivity index (χ2v) is 6.28. The Bertz CT molecular complexity index is 901. The average Bonchev–Trinajstić information content (AvgIpc) is 2.74. The van der Waals surface area contributed by atoms with E-state index in [0.29, 0.717) is 17.9 Å². The van der Waals surface area contributed by atoms with Crippen molar-refractivity contribution in [1.82, 2.24) is 5.32 Å². The summed E-state index contributed by atoms with van der Waals surface area (Å²) in [7, 11) is 3.02. The Balaban J connectivity index is 1.77. The second-order valence-electron chi connectivity index (χ2n) is 6.28. The van der Waals surface area contributed by atoms with Crippen LogP contribution in [0.5, 0.6) is 17.2 Å². The molecule has 31 heavy (non-hydrogen) atoms. The van der Waals surface area contributed by atoms with Crippen LogP contribution in [0.2, 0.25) is 0 Å². The zero-order chi connectivity index (χ0) is 22.9. The summed E-state index contributed by atoms with van der Waals surface area (Å²) in [5.74, 6) is -0.565. The maximum Gasteiger partial charge on any atom is 0.573 e. The molecule has 1 amide bonds. The Morgan fingerprint density at radius 1 is 0.968 bits per heavy atom. The molecule has 0 heterocycles. The van der Waals surface area contributed by atoms with E-state index in [2.05, 4.69) is 10.1 Å². The van der Waals surface area contributed by atoms with Gasteiger partial charge in [-0.2, -0.15) is 0 Å². The first-order valence-corrected chi connectivity index (χ1v) is 9.18. The van der Waals surface area contributed by atoms with Gasteiger partial charge in [0.15, 0.2) is 18.1 Å². The number of rotatable bonds is 10.